The predicted molar refractivity (Wildman–Crippen MR) is 144 cm³/mol. The molecule has 3 rings (SSSR count). The Morgan fingerprint density at radius 2 is 1.40 bits per heavy atom. The first kappa shape index (κ1) is 27.1. The lowest BCUT2D eigenvalue weighted by Gasteiger charge is -2.28. The minimum Gasteiger partial charge on any atom is -0.481 e. The van der Waals surface area contributed by atoms with E-state index in [2.05, 4.69) is 24.3 Å². The van der Waals surface area contributed by atoms with E-state index in [0.717, 1.165) is 28.9 Å². The van der Waals surface area contributed by atoms with E-state index in [-0.39, 0.29) is 18.7 Å². The summed E-state index contributed by atoms with van der Waals surface area (Å²) < 4.78 is 0. The molecule has 0 fully saturated rings. The number of thioether (sulfide) groups is 1. The maximum absolute atomic E-state index is 13.7. The van der Waals surface area contributed by atoms with Gasteiger partial charge >= 0.3 is 5.97 Å². The summed E-state index contributed by atoms with van der Waals surface area (Å²) in [4.78, 5) is 27.8. The van der Waals surface area contributed by atoms with Gasteiger partial charge in [-0.3, -0.25) is 9.59 Å². The molecule has 35 heavy (non-hydrogen) atoms. The quantitative estimate of drug-likeness (QED) is 0.245. The molecule has 0 spiro atoms. The first-order valence-corrected chi connectivity index (χ1v) is 13.3. The lowest BCUT2D eigenvalue weighted by Crippen LogP contribution is -2.40. The maximum atomic E-state index is 13.7. The summed E-state index contributed by atoms with van der Waals surface area (Å²) in [6, 6.07) is 25.5. The molecule has 0 aliphatic carbocycles. The highest BCUT2D eigenvalue weighted by atomic mass is 35.5. The zero-order chi connectivity index (χ0) is 25.0. The van der Waals surface area contributed by atoms with Crippen molar-refractivity contribution in [1.29, 1.82) is 0 Å². The van der Waals surface area contributed by atoms with Crippen LogP contribution in [-0.2, 0) is 22.4 Å². The number of carboxylic acid groups (broad SMARTS) is 1. The molecule has 1 unspecified atom stereocenters. The Bertz CT molecular complexity index is 1050. The first-order chi connectivity index (χ1) is 16.9. The van der Waals surface area contributed by atoms with Crippen molar-refractivity contribution in [3.8, 4) is 0 Å². The van der Waals surface area contributed by atoms with Crippen molar-refractivity contribution in [1.82, 2.24) is 4.90 Å². The van der Waals surface area contributed by atoms with Crippen LogP contribution in [0.15, 0.2) is 83.8 Å². The number of rotatable bonds is 13. The Morgan fingerprint density at radius 1 is 0.829 bits per heavy atom. The fourth-order valence-electron chi connectivity index (χ4n) is 3.75. The average Bonchev–Trinajstić information content (AvgIpc) is 2.87. The number of carbonyl (C=O) groups excluding carboxylic acids is 1. The van der Waals surface area contributed by atoms with E-state index in [9.17, 15) is 14.7 Å². The standard InChI is InChI=1S/C28H29Cl2NO3S/c29-25-13-12-24(19-26(25)30)35-20-23(11-14-27(32)33)28(34)31(17-15-21-7-3-1-4-8-21)18-16-22-9-5-2-6-10-22/h1-10,12-13,19,23H,11,14-18,20H2,(H,32,33). The van der Waals surface area contributed by atoms with Crippen LogP contribution in [0.4, 0.5) is 0 Å². The number of benzene rings is 3. The van der Waals surface area contributed by atoms with Gasteiger partial charge in [0.2, 0.25) is 5.91 Å². The number of aliphatic carboxylic acids is 1. The number of carboxylic acids is 1. The summed E-state index contributed by atoms with van der Waals surface area (Å²) in [6.07, 6.45) is 1.72. The molecule has 3 aromatic rings. The summed E-state index contributed by atoms with van der Waals surface area (Å²) in [5.74, 6) is -0.859. The second-order valence-electron chi connectivity index (χ2n) is 8.31. The number of hydrogen-bond acceptors (Lipinski definition) is 3. The second-order valence-corrected chi connectivity index (χ2v) is 10.2. The van der Waals surface area contributed by atoms with Gasteiger partial charge in [-0.2, -0.15) is 0 Å². The van der Waals surface area contributed by atoms with Crippen molar-refractivity contribution < 1.29 is 14.7 Å². The van der Waals surface area contributed by atoms with Crippen molar-refractivity contribution in [3.05, 3.63) is 100 Å². The summed E-state index contributed by atoms with van der Waals surface area (Å²) in [6.45, 7) is 1.16. The molecule has 0 saturated heterocycles. The van der Waals surface area contributed by atoms with Gasteiger partial charge in [-0.05, 0) is 48.6 Å². The molecule has 0 aliphatic rings. The number of halogens is 2. The fraction of sp³-hybridized carbons (Fsp3) is 0.286. The molecule has 0 bridgehead atoms. The molecule has 1 N–H and O–H groups in total. The van der Waals surface area contributed by atoms with Crippen LogP contribution in [0, 0.1) is 5.92 Å². The number of carbonyl (C=O) groups is 2. The van der Waals surface area contributed by atoms with Gasteiger partial charge < -0.3 is 10.0 Å². The Labute approximate surface area is 221 Å². The van der Waals surface area contributed by atoms with E-state index in [1.807, 2.05) is 47.4 Å². The van der Waals surface area contributed by atoms with Gasteiger partial charge in [0.15, 0.2) is 0 Å². The lowest BCUT2D eigenvalue weighted by atomic mass is 10.0. The van der Waals surface area contributed by atoms with Gasteiger partial charge in [0, 0.05) is 36.1 Å². The zero-order valence-corrected chi connectivity index (χ0v) is 21.7. The molecule has 7 heteroatoms. The molecule has 0 aromatic heterocycles. The Balaban J connectivity index is 1.74. The van der Waals surface area contributed by atoms with Crippen LogP contribution >= 0.6 is 35.0 Å². The maximum Gasteiger partial charge on any atom is 0.303 e. The van der Waals surface area contributed by atoms with E-state index in [0.29, 0.717) is 28.9 Å². The molecule has 184 valence electrons. The van der Waals surface area contributed by atoms with Gasteiger partial charge in [0.1, 0.15) is 0 Å². The molecular weight excluding hydrogens is 501 g/mol. The molecule has 3 aromatic carbocycles. The van der Waals surface area contributed by atoms with Gasteiger partial charge in [0.25, 0.3) is 0 Å². The van der Waals surface area contributed by atoms with Crippen molar-refractivity contribution in [2.45, 2.75) is 30.6 Å². The van der Waals surface area contributed by atoms with E-state index in [1.165, 1.54) is 11.8 Å². The van der Waals surface area contributed by atoms with Crippen LogP contribution in [0.3, 0.4) is 0 Å². The van der Waals surface area contributed by atoms with Crippen LogP contribution in [0.2, 0.25) is 10.0 Å². The largest absolute Gasteiger partial charge is 0.481 e. The second kappa shape index (κ2) is 14.2. The fourth-order valence-corrected chi connectivity index (χ4v) is 5.18. The Hall–Kier alpha value is -2.47. The molecule has 4 nitrogen and oxygen atoms in total. The van der Waals surface area contributed by atoms with Crippen LogP contribution in [0.25, 0.3) is 0 Å². The van der Waals surface area contributed by atoms with Crippen LogP contribution < -0.4 is 0 Å². The van der Waals surface area contributed by atoms with Gasteiger partial charge in [0.05, 0.1) is 10.0 Å². The van der Waals surface area contributed by atoms with Gasteiger partial charge in [-0.15, -0.1) is 11.8 Å². The van der Waals surface area contributed by atoms with E-state index in [1.54, 1.807) is 12.1 Å². The Morgan fingerprint density at radius 3 is 1.91 bits per heavy atom. The first-order valence-electron chi connectivity index (χ1n) is 11.6. The monoisotopic (exact) mass is 529 g/mol. The Kier molecular flexibility index (Phi) is 11.0. The van der Waals surface area contributed by atoms with Crippen LogP contribution in [0.1, 0.15) is 24.0 Å². The van der Waals surface area contributed by atoms with Crippen molar-refractivity contribution in [2.24, 2.45) is 5.92 Å². The molecule has 0 heterocycles. The summed E-state index contributed by atoms with van der Waals surface area (Å²) >= 11 is 13.7. The van der Waals surface area contributed by atoms with Crippen LogP contribution in [-0.4, -0.2) is 40.7 Å². The summed E-state index contributed by atoms with van der Waals surface area (Å²) in [5, 5.41) is 10.2. The summed E-state index contributed by atoms with van der Waals surface area (Å²) in [7, 11) is 0. The average molecular weight is 531 g/mol. The molecule has 1 amide bonds. The lowest BCUT2D eigenvalue weighted by molar-refractivity contribution is -0.138. The highest BCUT2D eigenvalue weighted by Crippen LogP contribution is 2.30. The molecule has 0 radical (unpaired) electrons. The van der Waals surface area contributed by atoms with E-state index >= 15 is 0 Å². The smallest absolute Gasteiger partial charge is 0.303 e. The minimum absolute atomic E-state index is 0.00864. The van der Waals surface area contributed by atoms with E-state index < -0.39 is 11.9 Å². The van der Waals surface area contributed by atoms with Gasteiger partial charge in [-0.1, -0.05) is 83.9 Å². The third kappa shape index (κ3) is 9.25. The molecule has 0 aliphatic heterocycles. The highest BCUT2D eigenvalue weighted by Gasteiger charge is 2.25. The van der Waals surface area contributed by atoms with Crippen molar-refractivity contribution in [3.63, 3.8) is 0 Å². The van der Waals surface area contributed by atoms with E-state index in [4.69, 9.17) is 23.2 Å². The third-order valence-corrected chi connectivity index (χ3v) is 7.63. The molecule has 0 saturated carbocycles. The SMILES string of the molecule is O=C(O)CCC(CSc1ccc(Cl)c(Cl)c1)C(=O)N(CCc1ccccc1)CCc1ccccc1. The topological polar surface area (TPSA) is 57.6 Å². The van der Waals surface area contributed by atoms with Crippen molar-refractivity contribution >= 4 is 46.8 Å². The highest BCUT2D eigenvalue weighted by molar-refractivity contribution is 7.99. The number of nitrogens with zero attached hydrogens (tertiary/aromatic N) is 1. The zero-order valence-electron chi connectivity index (χ0n) is 19.4. The third-order valence-electron chi connectivity index (χ3n) is 5.74. The predicted octanol–water partition coefficient (Wildman–Crippen LogP) is 6.88. The summed E-state index contributed by atoms with van der Waals surface area (Å²) in [5.41, 5.74) is 2.33. The number of hydrogen-bond donors (Lipinski definition) is 1. The molecular formula is C28H29Cl2NO3S. The molecule has 1 atom stereocenters. The van der Waals surface area contributed by atoms with Crippen LogP contribution in [0.5, 0.6) is 0 Å². The normalized spacial score (nSPS) is 11.7. The van der Waals surface area contributed by atoms with Gasteiger partial charge in [-0.25, -0.2) is 0 Å². The van der Waals surface area contributed by atoms with Crippen molar-refractivity contribution in [2.75, 3.05) is 18.8 Å². The minimum atomic E-state index is -0.901. The number of amides is 1.